The average Bonchev–Trinajstić information content (AvgIpc) is 3.24. The van der Waals surface area contributed by atoms with Crippen LogP contribution in [0.5, 0.6) is 0 Å². The summed E-state index contributed by atoms with van der Waals surface area (Å²) >= 11 is 0. The van der Waals surface area contributed by atoms with E-state index in [-0.39, 0.29) is 5.91 Å². The number of likely N-dealkylation sites (N-methyl/N-ethyl adjacent to an activating group) is 1. The van der Waals surface area contributed by atoms with Crippen molar-refractivity contribution >= 4 is 23.1 Å². The SMILES string of the molecule is CN1CCN(c2ccc(Nc3cc(C(=O)N4CCCC4)ncn3)cc2)CC1. The van der Waals surface area contributed by atoms with Gasteiger partial charge < -0.3 is 20.0 Å². The Bertz CT molecular complexity index is 779. The van der Waals surface area contributed by atoms with Gasteiger partial charge in [-0.2, -0.15) is 0 Å². The molecule has 0 radical (unpaired) electrons. The summed E-state index contributed by atoms with van der Waals surface area (Å²) in [5.74, 6) is 0.628. The quantitative estimate of drug-likeness (QED) is 0.895. The van der Waals surface area contributed by atoms with Crippen molar-refractivity contribution in [2.45, 2.75) is 12.8 Å². The van der Waals surface area contributed by atoms with Crippen molar-refractivity contribution in [2.75, 3.05) is 56.5 Å². The minimum atomic E-state index is -0.0108. The summed E-state index contributed by atoms with van der Waals surface area (Å²) in [6.07, 6.45) is 3.59. The van der Waals surface area contributed by atoms with Crippen LogP contribution in [0.15, 0.2) is 36.7 Å². The maximum Gasteiger partial charge on any atom is 0.272 e. The number of benzene rings is 1. The lowest BCUT2D eigenvalue weighted by molar-refractivity contribution is 0.0787. The van der Waals surface area contributed by atoms with E-state index < -0.39 is 0 Å². The minimum Gasteiger partial charge on any atom is -0.369 e. The van der Waals surface area contributed by atoms with Crippen molar-refractivity contribution < 1.29 is 4.79 Å². The molecule has 1 amide bonds. The second-order valence-corrected chi connectivity index (χ2v) is 7.25. The van der Waals surface area contributed by atoms with E-state index in [1.807, 2.05) is 4.90 Å². The van der Waals surface area contributed by atoms with Crippen molar-refractivity contribution in [3.05, 3.63) is 42.4 Å². The Morgan fingerprint density at radius 2 is 1.67 bits per heavy atom. The summed E-state index contributed by atoms with van der Waals surface area (Å²) in [5.41, 5.74) is 2.64. The lowest BCUT2D eigenvalue weighted by Gasteiger charge is -2.34. The van der Waals surface area contributed by atoms with Crippen LogP contribution in [0.4, 0.5) is 17.2 Å². The monoisotopic (exact) mass is 366 g/mol. The highest BCUT2D eigenvalue weighted by atomic mass is 16.2. The number of piperazine rings is 1. The zero-order chi connectivity index (χ0) is 18.6. The number of carbonyl (C=O) groups is 1. The fourth-order valence-electron chi connectivity index (χ4n) is 3.59. The minimum absolute atomic E-state index is 0.0108. The summed E-state index contributed by atoms with van der Waals surface area (Å²) in [7, 11) is 2.16. The number of anilines is 3. The van der Waals surface area contributed by atoms with Crippen LogP contribution in [-0.4, -0.2) is 72.0 Å². The molecule has 0 saturated carbocycles. The maximum atomic E-state index is 12.5. The molecule has 0 spiro atoms. The van der Waals surface area contributed by atoms with E-state index in [9.17, 15) is 4.79 Å². The van der Waals surface area contributed by atoms with E-state index in [0.717, 1.165) is 57.8 Å². The molecular formula is C20H26N6O. The Kier molecular flexibility index (Phi) is 5.20. The molecule has 7 nitrogen and oxygen atoms in total. The molecule has 1 N–H and O–H groups in total. The van der Waals surface area contributed by atoms with Crippen LogP contribution in [-0.2, 0) is 0 Å². The van der Waals surface area contributed by atoms with Gasteiger partial charge in [-0.05, 0) is 44.2 Å². The molecule has 2 saturated heterocycles. The molecule has 2 aromatic rings. The molecule has 2 fully saturated rings. The fourth-order valence-corrected chi connectivity index (χ4v) is 3.59. The molecule has 142 valence electrons. The van der Waals surface area contributed by atoms with Gasteiger partial charge in [0.05, 0.1) is 0 Å². The van der Waals surface area contributed by atoms with E-state index in [0.29, 0.717) is 11.5 Å². The van der Waals surface area contributed by atoms with Crippen LogP contribution in [0.25, 0.3) is 0 Å². The molecule has 2 aliphatic heterocycles. The number of amides is 1. The number of carbonyl (C=O) groups excluding carboxylic acids is 1. The fraction of sp³-hybridized carbons (Fsp3) is 0.450. The summed E-state index contributed by atoms with van der Waals surface area (Å²) in [6.45, 7) is 5.93. The highest BCUT2D eigenvalue weighted by molar-refractivity contribution is 5.93. The molecule has 27 heavy (non-hydrogen) atoms. The first kappa shape index (κ1) is 17.7. The standard InChI is InChI=1S/C20H26N6O/c1-24-10-12-25(13-11-24)17-6-4-16(5-7-17)23-19-14-18(21-15-22-19)20(27)26-8-2-3-9-26/h4-7,14-15H,2-3,8-13H2,1H3,(H,21,22,23). The van der Waals surface area contributed by atoms with Crippen LogP contribution in [0.1, 0.15) is 23.3 Å². The molecule has 2 aliphatic rings. The highest BCUT2D eigenvalue weighted by Gasteiger charge is 2.21. The van der Waals surface area contributed by atoms with E-state index in [1.54, 1.807) is 6.07 Å². The van der Waals surface area contributed by atoms with Crippen LogP contribution in [0.2, 0.25) is 0 Å². The maximum absolute atomic E-state index is 12.5. The predicted octanol–water partition coefficient (Wildman–Crippen LogP) is 2.21. The first-order valence-electron chi connectivity index (χ1n) is 9.61. The number of aromatic nitrogens is 2. The number of hydrogen-bond donors (Lipinski definition) is 1. The first-order chi connectivity index (χ1) is 13.2. The van der Waals surface area contributed by atoms with Gasteiger partial charge in [-0.3, -0.25) is 4.79 Å². The van der Waals surface area contributed by atoms with Gasteiger partial charge in [0, 0.05) is 56.7 Å². The second kappa shape index (κ2) is 7.92. The summed E-state index contributed by atoms with van der Waals surface area (Å²) in [5, 5.41) is 3.28. The van der Waals surface area contributed by atoms with Gasteiger partial charge in [-0.1, -0.05) is 0 Å². The van der Waals surface area contributed by atoms with Crippen molar-refractivity contribution in [3.8, 4) is 0 Å². The third-order valence-electron chi connectivity index (χ3n) is 5.29. The summed E-state index contributed by atoms with van der Waals surface area (Å²) in [4.78, 5) is 27.5. The van der Waals surface area contributed by atoms with Crippen LogP contribution in [0, 0.1) is 0 Å². The Morgan fingerprint density at radius 1 is 0.963 bits per heavy atom. The van der Waals surface area contributed by atoms with Crippen LogP contribution >= 0.6 is 0 Å². The summed E-state index contributed by atoms with van der Waals surface area (Å²) < 4.78 is 0. The molecule has 3 heterocycles. The van der Waals surface area contributed by atoms with Gasteiger partial charge in [0.15, 0.2) is 0 Å². The lowest BCUT2D eigenvalue weighted by Crippen LogP contribution is -2.44. The third kappa shape index (κ3) is 4.19. The Hall–Kier alpha value is -2.67. The van der Waals surface area contributed by atoms with Gasteiger partial charge in [0.25, 0.3) is 5.91 Å². The van der Waals surface area contributed by atoms with Crippen molar-refractivity contribution in [2.24, 2.45) is 0 Å². The van der Waals surface area contributed by atoms with Crippen molar-refractivity contribution in [1.29, 1.82) is 0 Å². The smallest absolute Gasteiger partial charge is 0.272 e. The predicted molar refractivity (Wildman–Crippen MR) is 107 cm³/mol. The first-order valence-corrected chi connectivity index (χ1v) is 9.61. The van der Waals surface area contributed by atoms with E-state index >= 15 is 0 Å². The van der Waals surface area contributed by atoms with E-state index in [4.69, 9.17) is 0 Å². The number of nitrogens with one attached hydrogen (secondary N) is 1. The number of hydrogen-bond acceptors (Lipinski definition) is 6. The number of likely N-dealkylation sites (tertiary alicyclic amines) is 1. The van der Waals surface area contributed by atoms with Crippen molar-refractivity contribution in [1.82, 2.24) is 19.8 Å². The largest absolute Gasteiger partial charge is 0.369 e. The van der Waals surface area contributed by atoms with Gasteiger partial charge in [-0.15, -0.1) is 0 Å². The molecule has 7 heteroatoms. The average molecular weight is 366 g/mol. The van der Waals surface area contributed by atoms with Gasteiger partial charge in [0.2, 0.25) is 0 Å². The van der Waals surface area contributed by atoms with Crippen LogP contribution in [0.3, 0.4) is 0 Å². The van der Waals surface area contributed by atoms with Crippen LogP contribution < -0.4 is 10.2 Å². The normalized spacial score (nSPS) is 18.0. The molecule has 1 aromatic heterocycles. The Morgan fingerprint density at radius 3 is 2.37 bits per heavy atom. The topological polar surface area (TPSA) is 64.6 Å². The van der Waals surface area contributed by atoms with Crippen molar-refractivity contribution in [3.63, 3.8) is 0 Å². The molecule has 1 aromatic carbocycles. The zero-order valence-electron chi connectivity index (χ0n) is 15.8. The molecule has 0 aliphatic carbocycles. The highest BCUT2D eigenvalue weighted by Crippen LogP contribution is 2.22. The number of rotatable bonds is 4. The molecule has 4 rings (SSSR count). The molecule has 0 atom stereocenters. The van der Waals surface area contributed by atoms with Gasteiger partial charge in [-0.25, -0.2) is 9.97 Å². The van der Waals surface area contributed by atoms with Gasteiger partial charge in [0.1, 0.15) is 17.8 Å². The van der Waals surface area contributed by atoms with E-state index in [1.165, 1.54) is 12.0 Å². The van der Waals surface area contributed by atoms with Gasteiger partial charge >= 0.3 is 0 Å². The third-order valence-corrected chi connectivity index (χ3v) is 5.29. The molecule has 0 bridgehead atoms. The zero-order valence-corrected chi connectivity index (χ0v) is 15.8. The second-order valence-electron chi connectivity index (χ2n) is 7.25. The number of nitrogens with zero attached hydrogens (tertiary/aromatic N) is 5. The Labute approximate surface area is 160 Å². The Balaban J connectivity index is 1.41. The summed E-state index contributed by atoms with van der Waals surface area (Å²) in [6, 6.07) is 10.1. The van der Waals surface area contributed by atoms with E-state index in [2.05, 4.69) is 56.4 Å². The molecular weight excluding hydrogens is 340 g/mol. The lowest BCUT2D eigenvalue weighted by atomic mass is 10.2. The molecule has 0 unspecified atom stereocenters.